The van der Waals surface area contributed by atoms with Gasteiger partial charge < -0.3 is 14.6 Å². The fourth-order valence-electron chi connectivity index (χ4n) is 1.36. The second kappa shape index (κ2) is 4.11. The van der Waals surface area contributed by atoms with E-state index in [-0.39, 0.29) is 11.4 Å². The summed E-state index contributed by atoms with van der Waals surface area (Å²) in [5, 5.41) is 18.0. The number of oxazole rings is 1. The molecule has 2 aromatic rings. The van der Waals surface area contributed by atoms with E-state index in [4.69, 9.17) is 21.1 Å². The summed E-state index contributed by atoms with van der Waals surface area (Å²) in [5.41, 5.74) is 1.25. The van der Waals surface area contributed by atoms with E-state index in [2.05, 4.69) is 4.98 Å². The minimum absolute atomic E-state index is 0.144. The van der Waals surface area contributed by atoms with Crippen LogP contribution in [0, 0.1) is 0 Å². The minimum atomic E-state index is -1.56. The van der Waals surface area contributed by atoms with Gasteiger partial charge in [0.1, 0.15) is 5.52 Å². The summed E-state index contributed by atoms with van der Waals surface area (Å²) in [6.07, 6.45) is -1.56. The lowest BCUT2D eigenvalue weighted by molar-refractivity contribution is -0.146. The largest absolute Gasteiger partial charge is 0.479 e. The Morgan fingerprint density at radius 1 is 1.56 bits per heavy atom. The van der Waals surface area contributed by atoms with Crippen molar-refractivity contribution < 1.29 is 19.4 Å². The molecule has 16 heavy (non-hydrogen) atoms. The highest BCUT2D eigenvalue weighted by molar-refractivity contribution is 6.16. The highest BCUT2D eigenvalue weighted by Gasteiger charge is 2.17. The van der Waals surface area contributed by atoms with Crippen LogP contribution < -0.4 is 0 Å². The summed E-state index contributed by atoms with van der Waals surface area (Å²) < 4.78 is 5.24. The second-order valence-electron chi connectivity index (χ2n) is 3.21. The summed E-state index contributed by atoms with van der Waals surface area (Å²) in [4.78, 5) is 14.6. The van der Waals surface area contributed by atoms with Gasteiger partial charge in [-0.1, -0.05) is 6.07 Å². The number of halogens is 1. The molecule has 0 spiro atoms. The molecular formula is C10H8ClNO4. The number of aliphatic hydroxyl groups is 1. The summed E-state index contributed by atoms with van der Waals surface area (Å²) >= 11 is 5.55. The first-order valence-electron chi connectivity index (χ1n) is 4.48. The zero-order valence-corrected chi connectivity index (χ0v) is 8.81. The first kappa shape index (κ1) is 10.9. The maximum atomic E-state index is 10.6. The third-order valence-electron chi connectivity index (χ3n) is 2.12. The van der Waals surface area contributed by atoms with Crippen molar-refractivity contribution in [3.63, 3.8) is 0 Å². The number of nitrogens with zero attached hydrogens (tertiary/aromatic N) is 1. The number of carboxylic acids is 1. The van der Waals surface area contributed by atoms with Gasteiger partial charge in [-0.3, -0.25) is 0 Å². The quantitative estimate of drug-likeness (QED) is 0.799. The molecule has 1 aromatic carbocycles. The van der Waals surface area contributed by atoms with Gasteiger partial charge in [0, 0.05) is 0 Å². The Morgan fingerprint density at radius 2 is 2.31 bits per heavy atom. The number of benzene rings is 1. The molecule has 2 N–H and O–H groups in total. The van der Waals surface area contributed by atoms with Crippen molar-refractivity contribution in [3.8, 4) is 0 Å². The van der Waals surface area contributed by atoms with Gasteiger partial charge >= 0.3 is 5.97 Å². The summed E-state index contributed by atoms with van der Waals surface area (Å²) in [7, 11) is 0. The van der Waals surface area contributed by atoms with E-state index < -0.39 is 12.1 Å². The Balaban J connectivity index is 2.46. The zero-order chi connectivity index (χ0) is 11.7. The van der Waals surface area contributed by atoms with Crippen molar-refractivity contribution in [2.45, 2.75) is 12.0 Å². The normalized spacial score (nSPS) is 12.9. The predicted molar refractivity (Wildman–Crippen MR) is 56.2 cm³/mol. The van der Waals surface area contributed by atoms with Crippen molar-refractivity contribution in [2.24, 2.45) is 0 Å². The van der Waals surface area contributed by atoms with E-state index in [0.29, 0.717) is 17.0 Å². The first-order chi connectivity index (χ1) is 7.61. The molecular weight excluding hydrogens is 234 g/mol. The minimum Gasteiger partial charge on any atom is -0.479 e. The molecule has 1 unspecified atom stereocenters. The molecule has 1 aromatic heterocycles. The SMILES string of the molecule is O=C(O)C(O)c1ccc2oc(CCl)nc2c1. The lowest BCUT2D eigenvalue weighted by Gasteiger charge is -2.03. The van der Waals surface area contributed by atoms with E-state index >= 15 is 0 Å². The van der Waals surface area contributed by atoms with Gasteiger partial charge in [-0.05, 0) is 17.7 Å². The molecule has 6 heteroatoms. The number of aliphatic carboxylic acids is 1. The topological polar surface area (TPSA) is 83.6 Å². The molecule has 0 saturated heterocycles. The molecule has 84 valence electrons. The highest BCUT2D eigenvalue weighted by Crippen LogP contribution is 2.21. The maximum absolute atomic E-state index is 10.6. The fourth-order valence-corrected chi connectivity index (χ4v) is 1.48. The lowest BCUT2D eigenvalue weighted by Crippen LogP contribution is -2.10. The lowest BCUT2D eigenvalue weighted by atomic mass is 10.1. The number of carboxylic acid groups (broad SMARTS) is 1. The van der Waals surface area contributed by atoms with Crippen LogP contribution in [0.2, 0.25) is 0 Å². The molecule has 0 aliphatic heterocycles. The Labute approximate surface area is 95.3 Å². The highest BCUT2D eigenvalue weighted by atomic mass is 35.5. The molecule has 1 heterocycles. The molecule has 1 atom stereocenters. The van der Waals surface area contributed by atoms with Gasteiger partial charge in [0.2, 0.25) is 5.89 Å². The predicted octanol–water partition coefficient (Wildman–Crippen LogP) is 1.68. The fraction of sp³-hybridized carbons (Fsp3) is 0.200. The molecule has 0 saturated carbocycles. The zero-order valence-electron chi connectivity index (χ0n) is 8.05. The Kier molecular flexibility index (Phi) is 2.80. The summed E-state index contributed by atoms with van der Waals surface area (Å²) in [6, 6.07) is 4.50. The van der Waals surface area contributed by atoms with Crippen LogP contribution in [0.15, 0.2) is 22.6 Å². The van der Waals surface area contributed by atoms with Crippen molar-refractivity contribution in [3.05, 3.63) is 29.7 Å². The van der Waals surface area contributed by atoms with Gasteiger partial charge in [0.25, 0.3) is 0 Å². The van der Waals surface area contributed by atoms with Gasteiger partial charge in [-0.2, -0.15) is 0 Å². The van der Waals surface area contributed by atoms with Crippen LogP contribution in [0.25, 0.3) is 11.1 Å². The van der Waals surface area contributed by atoms with Gasteiger partial charge in [-0.25, -0.2) is 9.78 Å². The van der Waals surface area contributed by atoms with Gasteiger partial charge in [-0.15, -0.1) is 11.6 Å². The number of rotatable bonds is 3. The van der Waals surface area contributed by atoms with Crippen molar-refractivity contribution in [2.75, 3.05) is 0 Å². The Hall–Kier alpha value is -1.59. The van der Waals surface area contributed by atoms with Gasteiger partial charge in [0.05, 0.1) is 5.88 Å². The number of alkyl halides is 1. The van der Waals surface area contributed by atoms with Crippen LogP contribution >= 0.6 is 11.6 Å². The Morgan fingerprint density at radius 3 is 2.94 bits per heavy atom. The van der Waals surface area contributed by atoms with Gasteiger partial charge in [0.15, 0.2) is 11.7 Å². The van der Waals surface area contributed by atoms with Crippen LogP contribution in [0.4, 0.5) is 0 Å². The molecule has 0 aliphatic carbocycles. The van der Waals surface area contributed by atoms with E-state index in [1.165, 1.54) is 12.1 Å². The molecule has 2 rings (SSSR count). The number of aromatic nitrogens is 1. The monoisotopic (exact) mass is 241 g/mol. The van der Waals surface area contributed by atoms with Crippen LogP contribution in [-0.4, -0.2) is 21.2 Å². The number of hydrogen-bond donors (Lipinski definition) is 2. The van der Waals surface area contributed by atoms with E-state index in [9.17, 15) is 9.90 Å². The van der Waals surface area contributed by atoms with E-state index in [1.807, 2.05) is 0 Å². The van der Waals surface area contributed by atoms with Crippen LogP contribution in [0.1, 0.15) is 17.6 Å². The number of carbonyl (C=O) groups is 1. The smallest absolute Gasteiger partial charge is 0.337 e. The second-order valence-corrected chi connectivity index (χ2v) is 3.48. The van der Waals surface area contributed by atoms with Crippen molar-refractivity contribution >= 4 is 28.7 Å². The van der Waals surface area contributed by atoms with Crippen LogP contribution in [0.3, 0.4) is 0 Å². The number of hydrogen-bond acceptors (Lipinski definition) is 4. The summed E-state index contributed by atoms with van der Waals surface area (Å²) in [5.74, 6) is -0.801. The average molecular weight is 242 g/mol. The summed E-state index contributed by atoms with van der Waals surface area (Å²) in [6.45, 7) is 0. The third kappa shape index (κ3) is 1.87. The Bertz CT molecular complexity index is 537. The number of aliphatic hydroxyl groups excluding tert-OH is 1. The van der Waals surface area contributed by atoms with E-state index in [1.54, 1.807) is 6.07 Å². The van der Waals surface area contributed by atoms with Crippen LogP contribution in [0.5, 0.6) is 0 Å². The van der Waals surface area contributed by atoms with Crippen molar-refractivity contribution in [1.82, 2.24) is 4.98 Å². The molecule has 0 bridgehead atoms. The standard InChI is InChI=1S/C10H8ClNO4/c11-4-8-12-6-3-5(9(13)10(14)15)1-2-7(6)16-8/h1-3,9,13H,4H2,(H,14,15). The van der Waals surface area contributed by atoms with Crippen LogP contribution in [-0.2, 0) is 10.7 Å². The average Bonchev–Trinajstić information content (AvgIpc) is 2.69. The number of fused-ring (bicyclic) bond motifs is 1. The molecule has 0 aliphatic rings. The molecule has 5 nitrogen and oxygen atoms in total. The molecule has 0 fully saturated rings. The first-order valence-corrected chi connectivity index (χ1v) is 5.01. The molecule has 0 amide bonds. The van der Waals surface area contributed by atoms with E-state index in [0.717, 1.165) is 0 Å². The third-order valence-corrected chi connectivity index (χ3v) is 2.35. The van der Waals surface area contributed by atoms with Crippen molar-refractivity contribution in [1.29, 1.82) is 0 Å². The molecule has 0 radical (unpaired) electrons. The maximum Gasteiger partial charge on any atom is 0.337 e.